The summed E-state index contributed by atoms with van der Waals surface area (Å²) in [5.74, 6) is 1.27. The molecule has 0 N–H and O–H groups in total. The first kappa shape index (κ1) is 8.03. The Kier molecular flexibility index (Phi) is 2.03. The topological polar surface area (TPSA) is 17.1 Å². The van der Waals surface area contributed by atoms with Crippen LogP contribution in [0.1, 0.15) is 39.0 Å². The van der Waals surface area contributed by atoms with Crippen LogP contribution in [0.25, 0.3) is 0 Å². The van der Waals surface area contributed by atoms with Crippen LogP contribution in [0.2, 0.25) is 0 Å². The molecule has 2 aliphatic rings. The van der Waals surface area contributed by atoms with E-state index >= 15 is 0 Å². The fourth-order valence-corrected chi connectivity index (χ4v) is 2.50. The molecule has 1 heteroatoms. The monoisotopic (exact) mass is 164 g/mol. The first-order valence-corrected chi connectivity index (χ1v) is 5.03. The summed E-state index contributed by atoms with van der Waals surface area (Å²) in [6, 6.07) is 0. The molecule has 2 rings (SSSR count). The van der Waals surface area contributed by atoms with Crippen molar-refractivity contribution in [2.75, 3.05) is 0 Å². The molecule has 2 aliphatic carbocycles. The molecule has 0 saturated heterocycles. The van der Waals surface area contributed by atoms with Crippen molar-refractivity contribution in [2.24, 2.45) is 11.8 Å². The second-order valence-electron chi connectivity index (χ2n) is 4.12. The summed E-state index contributed by atoms with van der Waals surface area (Å²) in [7, 11) is 0. The lowest BCUT2D eigenvalue weighted by Crippen LogP contribution is -2.12. The van der Waals surface area contributed by atoms with Crippen molar-refractivity contribution >= 4 is 5.78 Å². The molecule has 1 nitrogen and oxygen atoms in total. The quantitative estimate of drug-likeness (QED) is 0.538. The van der Waals surface area contributed by atoms with Crippen LogP contribution in [0, 0.1) is 11.8 Å². The zero-order chi connectivity index (χ0) is 8.55. The molecule has 12 heavy (non-hydrogen) atoms. The second-order valence-corrected chi connectivity index (χ2v) is 4.12. The molecule has 66 valence electrons. The van der Waals surface area contributed by atoms with E-state index in [1.807, 2.05) is 6.08 Å². The maximum Gasteiger partial charge on any atom is 0.159 e. The van der Waals surface area contributed by atoms with Crippen molar-refractivity contribution in [2.45, 2.75) is 39.0 Å². The molecule has 2 unspecified atom stereocenters. The molecule has 0 aliphatic heterocycles. The van der Waals surface area contributed by atoms with Gasteiger partial charge in [0.1, 0.15) is 0 Å². The Labute approximate surface area is 73.8 Å². The zero-order valence-corrected chi connectivity index (χ0v) is 7.68. The summed E-state index contributed by atoms with van der Waals surface area (Å²) in [6.07, 6.45) is 8.32. The second kappa shape index (κ2) is 3.04. The highest BCUT2D eigenvalue weighted by molar-refractivity contribution is 5.95. The van der Waals surface area contributed by atoms with Crippen LogP contribution in [-0.2, 0) is 4.79 Å². The van der Waals surface area contributed by atoms with E-state index in [9.17, 15) is 4.79 Å². The molecular weight excluding hydrogens is 148 g/mol. The summed E-state index contributed by atoms with van der Waals surface area (Å²) in [5.41, 5.74) is 1.45. The molecule has 0 aromatic rings. The maximum atomic E-state index is 11.4. The lowest BCUT2D eigenvalue weighted by molar-refractivity contribution is -0.117. The minimum atomic E-state index is 0.290. The molecule has 0 aromatic heterocycles. The van der Waals surface area contributed by atoms with Crippen molar-refractivity contribution < 1.29 is 4.79 Å². The Balaban J connectivity index is 2.19. The van der Waals surface area contributed by atoms with Gasteiger partial charge in [-0.15, -0.1) is 0 Å². The summed E-state index contributed by atoms with van der Waals surface area (Å²) in [4.78, 5) is 11.4. The van der Waals surface area contributed by atoms with Gasteiger partial charge in [-0.3, -0.25) is 4.79 Å². The molecule has 0 radical (unpaired) electrons. The van der Waals surface area contributed by atoms with E-state index in [2.05, 4.69) is 6.92 Å². The first-order valence-electron chi connectivity index (χ1n) is 5.03. The van der Waals surface area contributed by atoms with Gasteiger partial charge in [0.15, 0.2) is 5.78 Å². The van der Waals surface area contributed by atoms with E-state index in [1.165, 1.54) is 37.7 Å². The molecule has 0 amide bonds. The third-order valence-corrected chi connectivity index (χ3v) is 3.34. The summed E-state index contributed by atoms with van der Waals surface area (Å²) in [6.45, 7) is 2.09. The van der Waals surface area contributed by atoms with Gasteiger partial charge in [-0.25, -0.2) is 0 Å². The van der Waals surface area contributed by atoms with Crippen molar-refractivity contribution in [1.82, 2.24) is 0 Å². The number of ketones is 1. The smallest absolute Gasteiger partial charge is 0.159 e. The Morgan fingerprint density at radius 3 is 3.00 bits per heavy atom. The van der Waals surface area contributed by atoms with Gasteiger partial charge in [0.2, 0.25) is 0 Å². The number of hydrogen-bond donors (Lipinski definition) is 0. The van der Waals surface area contributed by atoms with Crippen LogP contribution in [0.4, 0.5) is 0 Å². The number of fused-ring (bicyclic) bond motifs is 1. The number of allylic oxidation sites excluding steroid dienone is 2. The molecule has 0 spiro atoms. The average Bonchev–Trinajstić information content (AvgIpc) is 2.30. The third-order valence-electron chi connectivity index (χ3n) is 3.34. The Morgan fingerprint density at radius 1 is 1.33 bits per heavy atom. The van der Waals surface area contributed by atoms with Gasteiger partial charge >= 0.3 is 0 Å². The van der Waals surface area contributed by atoms with E-state index in [0.29, 0.717) is 11.7 Å². The van der Waals surface area contributed by atoms with Crippen LogP contribution >= 0.6 is 0 Å². The van der Waals surface area contributed by atoms with E-state index in [0.717, 1.165) is 0 Å². The van der Waals surface area contributed by atoms with Gasteiger partial charge < -0.3 is 0 Å². The average molecular weight is 164 g/mol. The maximum absolute atomic E-state index is 11.4. The van der Waals surface area contributed by atoms with Crippen LogP contribution in [0.5, 0.6) is 0 Å². The lowest BCUT2D eigenvalue weighted by atomic mass is 9.88. The number of hydrogen-bond acceptors (Lipinski definition) is 1. The van der Waals surface area contributed by atoms with Crippen molar-refractivity contribution in [3.8, 4) is 0 Å². The van der Waals surface area contributed by atoms with Crippen molar-refractivity contribution in [3.63, 3.8) is 0 Å². The summed E-state index contributed by atoms with van der Waals surface area (Å²) < 4.78 is 0. The van der Waals surface area contributed by atoms with Crippen molar-refractivity contribution in [1.29, 1.82) is 0 Å². The minimum absolute atomic E-state index is 0.290. The highest BCUT2D eigenvalue weighted by Crippen LogP contribution is 2.38. The van der Waals surface area contributed by atoms with Gasteiger partial charge in [0.25, 0.3) is 0 Å². The Hall–Kier alpha value is -0.590. The van der Waals surface area contributed by atoms with Gasteiger partial charge in [-0.1, -0.05) is 25.3 Å². The zero-order valence-electron chi connectivity index (χ0n) is 7.68. The van der Waals surface area contributed by atoms with Crippen LogP contribution in [0.3, 0.4) is 0 Å². The first-order chi connectivity index (χ1) is 5.79. The largest absolute Gasteiger partial charge is 0.295 e. The highest BCUT2D eigenvalue weighted by Gasteiger charge is 2.32. The highest BCUT2D eigenvalue weighted by atomic mass is 16.1. The van der Waals surface area contributed by atoms with E-state index in [4.69, 9.17) is 0 Å². The van der Waals surface area contributed by atoms with Gasteiger partial charge in [0.05, 0.1) is 0 Å². The van der Waals surface area contributed by atoms with E-state index in [1.54, 1.807) is 0 Å². The SMILES string of the molecule is CC1C(=O)C=C2CCCCCC21. The predicted molar refractivity (Wildman–Crippen MR) is 48.8 cm³/mol. The predicted octanol–water partition coefficient (Wildman–Crippen LogP) is 2.71. The van der Waals surface area contributed by atoms with Gasteiger partial charge in [0, 0.05) is 5.92 Å². The number of carbonyl (C=O) groups is 1. The molecule has 0 heterocycles. The molecule has 0 bridgehead atoms. The lowest BCUT2D eigenvalue weighted by Gasteiger charge is -2.15. The van der Waals surface area contributed by atoms with Crippen molar-refractivity contribution in [3.05, 3.63) is 11.6 Å². The molecule has 1 saturated carbocycles. The molecule has 2 atom stereocenters. The fraction of sp³-hybridized carbons (Fsp3) is 0.727. The van der Waals surface area contributed by atoms with Crippen LogP contribution < -0.4 is 0 Å². The molecule has 1 fully saturated rings. The third kappa shape index (κ3) is 1.21. The fourth-order valence-electron chi connectivity index (χ4n) is 2.50. The summed E-state index contributed by atoms with van der Waals surface area (Å²) >= 11 is 0. The summed E-state index contributed by atoms with van der Waals surface area (Å²) in [5, 5.41) is 0. The number of rotatable bonds is 0. The van der Waals surface area contributed by atoms with Gasteiger partial charge in [-0.2, -0.15) is 0 Å². The van der Waals surface area contributed by atoms with Crippen LogP contribution in [-0.4, -0.2) is 5.78 Å². The number of carbonyl (C=O) groups excluding carboxylic acids is 1. The molecular formula is C11H16O. The Morgan fingerprint density at radius 2 is 2.17 bits per heavy atom. The van der Waals surface area contributed by atoms with E-state index < -0.39 is 0 Å². The molecule has 0 aromatic carbocycles. The standard InChI is InChI=1S/C11H16O/c1-8-10-6-4-2-3-5-9(10)7-11(8)12/h7-8,10H,2-6H2,1H3. The normalized spacial score (nSPS) is 35.8. The van der Waals surface area contributed by atoms with Crippen LogP contribution in [0.15, 0.2) is 11.6 Å². The van der Waals surface area contributed by atoms with E-state index in [-0.39, 0.29) is 5.92 Å². The van der Waals surface area contributed by atoms with Gasteiger partial charge in [-0.05, 0) is 31.3 Å². The minimum Gasteiger partial charge on any atom is -0.295 e. The Bertz CT molecular complexity index is 227.